The van der Waals surface area contributed by atoms with Crippen LogP contribution in [0.5, 0.6) is 0 Å². The van der Waals surface area contributed by atoms with Crippen molar-refractivity contribution < 1.29 is 18.4 Å². The number of aromatic nitrogens is 4. The molecule has 4 rings (SSSR count). The summed E-state index contributed by atoms with van der Waals surface area (Å²) in [7, 11) is 0. The molecule has 0 spiro atoms. The van der Waals surface area contributed by atoms with E-state index in [0.29, 0.717) is 16.3 Å². The van der Waals surface area contributed by atoms with E-state index in [2.05, 4.69) is 15.5 Å². The Morgan fingerprint density at radius 2 is 1.60 bits per heavy atom. The summed E-state index contributed by atoms with van der Waals surface area (Å²) in [5, 5.41) is 11.4. The maximum atomic E-state index is 13.4. The quantitative estimate of drug-likeness (QED) is 0.633. The Balaban J connectivity index is 1.48. The average Bonchev–Trinajstić information content (AvgIpc) is 3.29. The summed E-state index contributed by atoms with van der Waals surface area (Å²) in [5.74, 6) is -2.78. The van der Waals surface area contributed by atoms with Crippen molar-refractivity contribution in [3.63, 3.8) is 0 Å². The number of tetrazole rings is 1. The van der Waals surface area contributed by atoms with Gasteiger partial charge >= 0.3 is 0 Å². The van der Waals surface area contributed by atoms with Gasteiger partial charge in [0.2, 0.25) is 0 Å². The summed E-state index contributed by atoms with van der Waals surface area (Å²) < 4.78 is 27.9. The third-order valence-corrected chi connectivity index (χ3v) is 5.04. The van der Waals surface area contributed by atoms with Crippen LogP contribution in [-0.4, -0.2) is 68.0 Å². The molecular weight excluding hydrogens is 418 g/mol. The molecule has 2 aromatic carbocycles. The Hall–Kier alpha value is -3.40. The highest BCUT2D eigenvalue weighted by atomic mass is 35.5. The van der Waals surface area contributed by atoms with Gasteiger partial charge in [0.25, 0.3) is 11.8 Å². The fourth-order valence-electron chi connectivity index (χ4n) is 3.25. The number of piperazine rings is 1. The Morgan fingerprint density at radius 3 is 2.23 bits per heavy atom. The molecule has 30 heavy (non-hydrogen) atoms. The lowest BCUT2D eigenvalue weighted by Gasteiger charge is -2.35. The second kappa shape index (κ2) is 8.15. The SMILES string of the molecule is O=C(c1ccc(F)c(F)c1)N1CCN(C(=O)c2cc(Cl)ccc2-n2cnnn2)CC1. The Labute approximate surface area is 174 Å². The first kappa shape index (κ1) is 19.9. The summed E-state index contributed by atoms with van der Waals surface area (Å²) >= 11 is 6.08. The number of benzene rings is 2. The number of carbonyl (C=O) groups excluding carboxylic acids is 2. The molecule has 11 heteroatoms. The number of hydrogen-bond acceptors (Lipinski definition) is 5. The predicted octanol–water partition coefficient (Wildman–Crippen LogP) is 2.19. The van der Waals surface area contributed by atoms with Crippen LogP contribution >= 0.6 is 11.6 Å². The van der Waals surface area contributed by atoms with Crippen molar-refractivity contribution in [2.45, 2.75) is 0 Å². The van der Waals surface area contributed by atoms with Crippen LogP contribution in [0.15, 0.2) is 42.7 Å². The maximum Gasteiger partial charge on any atom is 0.256 e. The minimum atomic E-state index is -1.08. The molecule has 0 radical (unpaired) electrons. The predicted molar refractivity (Wildman–Crippen MR) is 102 cm³/mol. The van der Waals surface area contributed by atoms with Crippen LogP contribution in [0.1, 0.15) is 20.7 Å². The number of nitrogens with zero attached hydrogens (tertiary/aromatic N) is 6. The van der Waals surface area contributed by atoms with Gasteiger partial charge in [-0.1, -0.05) is 11.6 Å². The van der Waals surface area contributed by atoms with Crippen LogP contribution in [0.2, 0.25) is 5.02 Å². The first-order chi connectivity index (χ1) is 14.4. The zero-order chi connectivity index (χ0) is 21.3. The molecule has 1 fully saturated rings. The van der Waals surface area contributed by atoms with E-state index in [1.165, 1.54) is 22.0 Å². The van der Waals surface area contributed by atoms with Gasteiger partial charge in [-0.2, -0.15) is 4.68 Å². The van der Waals surface area contributed by atoms with Crippen molar-refractivity contribution in [1.82, 2.24) is 30.0 Å². The van der Waals surface area contributed by atoms with Gasteiger partial charge in [0, 0.05) is 36.8 Å². The minimum Gasteiger partial charge on any atom is -0.335 e. The second-order valence-corrected chi connectivity index (χ2v) is 7.07. The zero-order valence-corrected chi connectivity index (χ0v) is 16.3. The molecule has 154 valence electrons. The van der Waals surface area contributed by atoms with Gasteiger partial charge in [0.15, 0.2) is 11.6 Å². The van der Waals surface area contributed by atoms with Gasteiger partial charge < -0.3 is 9.80 Å². The van der Waals surface area contributed by atoms with Gasteiger partial charge in [-0.25, -0.2) is 8.78 Å². The molecule has 1 saturated heterocycles. The molecule has 0 bridgehead atoms. The number of hydrogen-bond donors (Lipinski definition) is 0. The van der Waals surface area contributed by atoms with Crippen molar-refractivity contribution in [2.24, 2.45) is 0 Å². The van der Waals surface area contributed by atoms with E-state index in [1.54, 1.807) is 23.1 Å². The van der Waals surface area contributed by atoms with Crippen molar-refractivity contribution >= 4 is 23.4 Å². The zero-order valence-electron chi connectivity index (χ0n) is 15.5. The maximum absolute atomic E-state index is 13.4. The summed E-state index contributed by atoms with van der Waals surface area (Å²) in [6.07, 6.45) is 1.37. The largest absolute Gasteiger partial charge is 0.335 e. The number of amides is 2. The van der Waals surface area contributed by atoms with Gasteiger partial charge in [-0.05, 0) is 46.8 Å². The number of carbonyl (C=O) groups is 2. The second-order valence-electron chi connectivity index (χ2n) is 6.63. The van der Waals surface area contributed by atoms with Crippen molar-refractivity contribution in [3.05, 3.63) is 70.5 Å². The van der Waals surface area contributed by atoms with E-state index in [4.69, 9.17) is 11.6 Å². The highest BCUT2D eigenvalue weighted by Crippen LogP contribution is 2.22. The van der Waals surface area contributed by atoms with E-state index in [1.807, 2.05) is 0 Å². The molecular formula is C19H15ClF2N6O2. The molecule has 0 N–H and O–H groups in total. The van der Waals surface area contributed by atoms with Crippen LogP contribution < -0.4 is 0 Å². The molecule has 1 aliphatic heterocycles. The Bertz CT molecular complexity index is 1100. The lowest BCUT2D eigenvalue weighted by molar-refractivity contribution is 0.0535. The van der Waals surface area contributed by atoms with Crippen LogP contribution in [0.3, 0.4) is 0 Å². The average molecular weight is 433 g/mol. The smallest absolute Gasteiger partial charge is 0.256 e. The molecule has 3 aromatic rings. The van der Waals surface area contributed by atoms with E-state index in [-0.39, 0.29) is 37.6 Å². The number of halogens is 3. The van der Waals surface area contributed by atoms with E-state index >= 15 is 0 Å². The number of rotatable bonds is 3. The molecule has 2 heterocycles. The molecule has 0 unspecified atom stereocenters. The monoisotopic (exact) mass is 432 g/mol. The molecule has 8 nitrogen and oxygen atoms in total. The normalized spacial score (nSPS) is 14.1. The summed E-state index contributed by atoms with van der Waals surface area (Å²) in [6.45, 7) is 1.06. The standard InChI is InChI=1S/C19H15ClF2N6O2/c20-13-2-4-17(28-11-23-24-25-28)14(10-13)19(30)27-7-5-26(6-8-27)18(29)12-1-3-15(21)16(22)9-12/h1-4,9-11H,5-8H2. The highest BCUT2D eigenvalue weighted by molar-refractivity contribution is 6.31. The third-order valence-electron chi connectivity index (χ3n) is 4.81. The van der Waals surface area contributed by atoms with Gasteiger partial charge in [-0.3, -0.25) is 9.59 Å². The Morgan fingerprint density at radius 1 is 0.900 bits per heavy atom. The third kappa shape index (κ3) is 3.86. The first-order valence-electron chi connectivity index (χ1n) is 9.00. The van der Waals surface area contributed by atoms with Crippen molar-refractivity contribution in [1.29, 1.82) is 0 Å². The van der Waals surface area contributed by atoms with Crippen LogP contribution in [0.4, 0.5) is 8.78 Å². The van der Waals surface area contributed by atoms with E-state index in [0.717, 1.165) is 12.1 Å². The lowest BCUT2D eigenvalue weighted by atomic mass is 10.1. The molecule has 2 amide bonds. The fraction of sp³-hybridized carbons (Fsp3) is 0.211. The molecule has 1 aliphatic rings. The van der Waals surface area contributed by atoms with Crippen LogP contribution in [-0.2, 0) is 0 Å². The summed E-state index contributed by atoms with van der Waals surface area (Å²) in [4.78, 5) is 28.7. The highest BCUT2D eigenvalue weighted by Gasteiger charge is 2.27. The van der Waals surface area contributed by atoms with Gasteiger partial charge in [0.05, 0.1) is 11.3 Å². The lowest BCUT2D eigenvalue weighted by Crippen LogP contribution is -2.50. The fourth-order valence-corrected chi connectivity index (χ4v) is 3.42. The molecule has 0 atom stereocenters. The molecule has 0 saturated carbocycles. The van der Waals surface area contributed by atoms with Crippen LogP contribution in [0.25, 0.3) is 5.69 Å². The van der Waals surface area contributed by atoms with Crippen molar-refractivity contribution in [3.8, 4) is 5.69 Å². The van der Waals surface area contributed by atoms with Gasteiger partial charge in [-0.15, -0.1) is 5.10 Å². The minimum absolute atomic E-state index is 0.0597. The van der Waals surface area contributed by atoms with Gasteiger partial charge in [0.1, 0.15) is 6.33 Å². The molecule has 1 aromatic heterocycles. The Kier molecular flexibility index (Phi) is 5.40. The molecule has 0 aliphatic carbocycles. The first-order valence-corrected chi connectivity index (χ1v) is 9.38. The topological polar surface area (TPSA) is 84.2 Å². The van der Waals surface area contributed by atoms with Crippen molar-refractivity contribution in [2.75, 3.05) is 26.2 Å². The van der Waals surface area contributed by atoms with Crippen LogP contribution in [0, 0.1) is 11.6 Å². The summed E-state index contributed by atoms with van der Waals surface area (Å²) in [6, 6.07) is 7.85. The van der Waals surface area contributed by atoms with E-state index in [9.17, 15) is 18.4 Å². The van der Waals surface area contributed by atoms with E-state index < -0.39 is 17.5 Å². The summed E-state index contributed by atoms with van der Waals surface area (Å²) in [5.41, 5.74) is 0.870.